The van der Waals surface area contributed by atoms with E-state index in [1.165, 1.54) is 17.7 Å². The van der Waals surface area contributed by atoms with Crippen LogP contribution in [0.2, 0.25) is 0 Å². The Morgan fingerprint density at radius 1 is 1.08 bits per heavy atom. The van der Waals surface area contributed by atoms with Crippen LogP contribution in [0.25, 0.3) is 28.3 Å². The number of aromatic nitrogens is 9. The lowest BCUT2D eigenvalue weighted by atomic mass is 9.96. The zero-order chi connectivity index (χ0) is 25.9. The number of hydrogen-bond donors (Lipinski definition) is 1. The van der Waals surface area contributed by atoms with Crippen molar-refractivity contribution in [3.05, 3.63) is 82.4 Å². The number of H-pyrrole nitrogens is 1. The van der Waals surface area contributed by atoms with E-state index in [2.05, 4.69) is 37.6 Å². The van der Waals surface area contributed by atoms with Gasteiger partial charge < -0.3 is 0 Å². The zero-order valence-corrected chi connectivity index (χ0v) is 20.9. The van der Waals surface area contributed by atoms with Gasteiger partial charge in [-0.2, -0.15) is 5.10 Å². The summed E-state index contributed by atoms with van der Waals surface area (Å²) in [4.78, 5) is 30.4. The van der Waals surface area contributed by atoms with Gasteiger partial charge in [-0.05, 0) is 52.9 Å². The van der Waals surface area contributed by atoms with E-state index in [0.717, 1.165) is 47.2 Å². The number of benzene rings is 1. The molecule has 0 radical (unpaired) electrons. The number of nitrogens with zero attached hydrogens (tertiary/aromatic N) is 8. The lowest BCUT2D eigenvalue weighted by Gasteiger charge is -2.14. The molecule has 0 fully saturated rings. The number of hydrogen-bond acceptors (Lipinski definition) is 7. The summed E-state index contributed by atoms with van der Waals surface area (Å²) in [7, 11) is 1.73. The van der Waals surface area contributed by atoms with Crippen LogP contribution in [0.1, 0.15) is 48.3 Å². The van der Waals surface area contributed by atoms with Crippen LogP contribution >= 0.6 is 0 Å². The van der Waals surface area contributed by atoms with Crippen molar-refractivity contribution in [2.24, 2.45) is 7.05 Å². The van der Waals surface area contributed by atoms with E-state index in [4.69, 9.17) is 0 Å². The lowest BCUT2D eigenvalue weighted by molar-refractivity contribution is 0.101. The Kier molecular flexibility index (Phi) is 6.59. The maximum atomic E-state index is 13.8. The molecule has 0 unspecified atom stereocenters. The highest BCUT2D eigenvalue weighted by Gasteiger charge is 2.21. The Morgan fingerprint density at radius 2 is 1.89 bits per heavy atom. The average Bonchev–Trinajstić information content (AvgIpc) is 3.64. The van der Waals surface area contributed by atoms with Gasteiger partial charge in [0.15, 0.2) is 11.6 Å². The number of imidazole rings is 1. The number of aryl methyl sites for hydroxylation is 2. The largest absolute Gasteiger partial charge is 0.334 e. The van der Waals surface area contributed by atoms with Gasteiger partial charge >= 0.3 is 5.69 Å². The number of nitrogens with one attached hydrogen (secondary N) is 1. The first-order valence-electron chi connectivity index (χ1n) is 12.1. The van der Waals surface area contributed by atoms with Crippen molar-refractivity contribution in [3.8, 4) is 28.3 Å². The molecule has 0 amide bonds. The number of tetrazole rings is 1. The second-order valence-electron chi connectivity index (χ2n) is 8.85. The fraction of sp³-hybridized carbons (Fsp3) is 0.269. The summed E-state index contributed by atoms with van der Waals surface area (Å²) in [6.07, 6.45) is 9.48. The molecule has 1 N–H and O–H groups in total. The zero-order valence-electron chi connectivity index (χ0n) is 20.9. The van der Waals surface area contributed by atoms with Gasteiger partial charge in [0.2, 0.25) is 0 Å². The van der Waals surface area contributed by atoms with E-state index in [9.17, 15) is 9.59 Å². The SMILES string of the molecule is CCCCc1cn(-c2c(C(C)=O)cnn2C)c(=O)n1Cc1cnccc1-c1ccccc1-c1nnn[nH]1. The molecule has 0 bridgehead atoms. The molecule has 188 valence electrons. The van der Waals surface area contributed by atoms with Crippen molar-refractivity contribution in [2.75, 3.05) is 0 Å². The molecule has 5 aromatic rings. The van der Waals surface area contributed by atoms with Crippen LogP contribution in [0.15, 0.2) is 59.9 Å². The third-order valence-corrected chi connectivity index (χ3v) is 6.41. The molecule has 37 heavy (non-hydrogen) atoms. The van der Waals surface area contributed by atoms with E-state index >= 15 is 0 Å². The average molecular weight is 498 g/mol. The van der Waals surface area contributed by atoms with E-state index in [-0.39, 0.29) is 11.5 Å². The smallest absolute Gasteiger partial charge is 0.294 e. The lowest BCUT2D eigenvalue weighted by Crippen LogP contribution is -2.27. The number of Topliss-reactive ketones (excluding diaryl/α,β-unsaturated/α-hetero) is 1. The van der Waals surface area contributed by atoms with Crippen molar-refractivity contribution >= 4 is 5.78 Å². The third-order valence-electron chi connectivity index (χ3n) is 6.41. The van der Waals surface area contributed by atoms with Gasteiger partial charge in [0.1, 0.15) is 5.82 Å². The fourth-order valence-electron chi connectivity index (χ4n) is 4.55. The van der Waals surface area contributed by atoms with E-state index in [1.54, 1.807) is 28.7 Å². The predicted molar refractivity (Wildman–Crippen MR) is 137 cm³/mol. The molecule has 0 saturated heterocycles. The Morgan fingerprint density at radius 3 is 2.62 bits per heavy atom. The molecular formula is C26H27N9O2. The maximum Gasteiger partial charge on any atom is 0.334 e. The Hall–Kier alpha value is -4.67. The van der Waals surface area contributed by atoms with Crippen LogP contribution in [-0.2, 0) is 20.0 Å². The summed E-state index contributed by atoms with van der Waals surface area (Å²) in [5.41, 5.74) is 4.61. The highest BCUT2D eigenvalue weighted by molar-refractivity contribution is 5.96. The van der Waals surface area contributed by atoms with Crippen LogP contribution in [-0.4, -0.2) is 50.3 Å². The maximum absolute atomic E-state index is 13.8. The molecule has 0 spiro atoms. The summed E-state index contributed by atoms with van der Waals surface area (Å²) in [5.74, 6) is 0.868. The van der Waals surface area contributed by atoms with Gasteiger partial charge in [0, 0.05) is 36.9 Å². The molecule has 0 atom stereocenters. The summed E-state index contributed by atoms with van der Waals surface area (Å²) in [6, 6.07) is 9.75. The number of aromatic amines is 1. The number of carbonyl (C=O) groups excluding carboxylic acids is 1. The monoisotopic (exact) mass is 497 g/mol. The molecule has 0 aliphatic carbocycles. The van der Waals surface area contributed by atoms with Gasteiger partial charge in [0.05, 0.1) is 18.3 Å². The summed E-state index contributed by atoms with van der Waals surface area (Å²) < 4.78 is 4.84. The first kappa shape index (κ1) is 24.0. The van der Waals surface area contributed by atoms with Gasteiger partial charge in [-0.15, -0.1) is 5.10 Å². The summed E-state index contributed by atoms with van der Waals surface area (Å²) in [5, 5.41) is 18.6. The Bertz CT molecular complexity index is 1610. The first-order valence-corrected chi connectivity index (χ1v) is 12.1. The van der Waals surface area contributed by atoms with E-state index < -0.39 is 0 Å². The van der Waals surface area contributed by atoms with Crippen LogP contribution < -0.4 is 5.69 Å². The van der Waals surface area contributed by atoms with Crippen molar-refractivity contribution in [1.82, 2.24) is 44.5 Å². The number of carbonyl (C=O) groups is 1. The van der Waals surface area contributed by atoms with Crippen molar-refractivity contribution in [3.63, 3.8) is 0 Å². The second kappa shape index (κ2) is 10.1. The Labute approximate surface area is 212 Å². The minimum atomic E-state index is -0.236. The molecule has 1 aromatic carbocycles. The molecule has 11 heteroatoms. The van der Waals surface area contributed by atoms with Crippen LogP contribution in [0, 0.1) is 0 Å². The number of unbranched alkanes of at least 4 members (excludes halogenated alkanes) is 1. The first-order chi connectivity index (χ1) is 18.0. The van der Waals surface area contributed by atoms with Crippen LogP contribution in [0.3, 0.4) is 0 Å². The molecule has 0 aliphatic heterocycles. The molecule has 4 aromatic heterocycles. The van der Waals surface area contributed by atoms with Gasteiger partial charge in [-0.25, -0.2) is 9.89 Å². The van der Waals surface area contributed by atoms with E-state index in [1.807, 2.05) is 36.5 Å². The molecule has 4 heterocycles. The highest BCUT2D eigenvalue weighted by Crippen LogP contribution is 2.32. The second-order valence-corrected chi connectivity index (χ2v) is 8.85. The molecule has 5 rings (SSSR count). The van der Waals surface area contributed by atoms with Gasteiger partial charge in [-0.1, -0.05) is 37.6 Å². The summed E-state index contributed by atoms with van der Waals surface area (Å²) >= 11 is 0. The van der Waals surface area contributed by atoms with Crippen LogP contribution in [0.4, 0.5) is 0 Å². The van der Waals surface area contributed by atoms with E-state index in [0.29, 0.717) is 23.8 Å². The molecule has 0 aliphatic rings. The third kappa shape index (κ3) is 4.51. The van der Waals surface area contributed by atoms with Gasteiger partial charge in [0.25, 0.3) is 0 Å². The number of ketones is 1. The topological polar surface area (TPSA) is 129 Å². The molecular weight excluding hydrogens is 470 g/mol. The standard InChI is InChI=1S/C26H27N9O2/c1-4-5-8-19-16-35(25-23(17(2)36)14-28-33(25)3)26(37)34(19)15-18-13-27-12-11-20(18)21-9-6-7-10-22(21)24-29-31-32-30-24/h6-7,9-14,16H,4-5,8,15H2,1-3H3,(H,29,30,31,32). The van der Waals surface area contributed by atoms with Crippen molar-refractivity contribution in [1.29, 1.82) is 0 Å². The molecule has 0 saturated carbocycles. The fourth-order valence-corrected chi connectivity index (χ4v) is 4.55. The quantitative estimate of drug-likeness (QED) is 0.310. The minimum absolute atomic E-state index is 0.147. The van der Waals surface area contributed by atoms with Gasteiger partial charge in [-0.3, -0.25) is 23.6 Å². The minimum Gasteiger partial charge on any atom is -0.294 e. The predicted octanol–water partition coefficient (Wildman–Crippen LogP) is 3.21. The normalized spacial score (nSPS) is 11.2. The van der Waals surface area contributed by atoms with Crippen molar-refractivity contribution in [2.45, 2.75) is 39.7 Å². The van der Waals surface area contributed by atoms with Crippen molar-refractivity contribution < 1.29 is 4.79 Å². The molecule has 11 nitrogen and oxygen atoms in total. The van der Waals surface area contributed by atoms with Crippen LogP contribution in [0.5, 0.6) is 0 Å². The number of pyridine rings is 1. The Balaban J connectivity index is 1.63. The summed E-state index contributed by atoms with van der Waals surface area (Å²) in [6.45, 7) is 3.90. The highest BCUT2D eigenvalue weighted by atomic mass is 16.2. The number of rotatable bonds is 9.